The highest BCUT2D eigenvalue weighted by Crippen LogP contribution is 2.42. The van der Waals surface area contributed by atoms with Crippen LogP contribution in [0.5, 0.6) is 5.75 Å². The maximum absolute atomic E-state index is 12.7. The van der Waals surface area contributed by atoms with Gasteiger partial charge < -0.3 is 20.5 Å². The van der Waals surface area contributed by atoms with E-state index < -0.39 is 12.6 Å². The second kappa shape index (κ2) is 9.52. The zero-order valence-electron chi connectivity index (χ0n) is 15.5. The van der Waals surface area contributed by atoms with Crippen molar-refractivity contribution in [3.05, 3.63) is 23.8 Å². The number of carbonyl (C=O) groups excluding carboxylic acids is 2. The molecule has 0 saturated heterocycles. The summed E-state index contributed by atoms with van der Waals surface area (Å²) >= 11 is 0. The first-order valence-corrected chi connectivity index (χ1v) is 9.12. The molecule has 6 nitrogen and oxygen atoms in total. The normalized spacial score (nSPS) is 26.2. The van der Waals surface area contributed by atoms with E-state index in [9.17, 15) is 18.4 Å². The number of alkyl halides is 2. The number of carbonyl (C=O) groups is 2. The number of ether oxygens (including phenoxy) is 2. The van der Waals surface area contributed by atoms with Crippen LogP contribution in [0.2, 0.25) is 0 Å². The summed E-state index contributed by atoms with van der Waals surface area (Å²) in [5, 5.41) is 2.68. The smallest absolute Gasteiger partial charge is 0.387 e. The standard InChI is InChI=1S/C19H24F2N2O4.ClH/c1-26-18(25)12-5-6-14(15(9-12)27-19(20)21)23-17(24)13-7-10-3-2-4-11(8-13)16(10)22;/h5-6,9-11,13,16,19H,2-4,7-8,22H2,1H3,(H,23,24);1H. The first kappa shape index (κ1) is 22.4. The first-order valence-electron chi connectivity index (χ1n) is 9.12. The highest BCUT2D eigenvalue weighted by molar-refractivity contribution is 5.96. The molecule has 0 heterocycles. The molecule has 0 aromatic heterocycles. The second-order valence-corrected chi connectivity index (χ2v) is 7.27. The second-order valence-electron chi connectivity index (χ2n) is 7.27. The van der Waals surface area contributed by atoms with Gasteiger partial charge in [-0.2, -0.15) is 8.78 Å². The number of hydrogen-bond acceptors (Lipinski definition) is 5. The summed E-state index contributed by atoms with van der Waals surface area (Å²) in [7, 11) is 1.19. The fraction of sp³-hybridized carbons (Fsp3) is 0.579. The van der Waals surface area contributed by atoms with Crippen molar-refractivity contribution in [2.45, 2.75) is 44.8 Å². The van der Waals surface area contributed by atoms with Crippen molar-refractivity contribution in [1.82, 2.24) is 0 Å². The number of nitrogens with one attached hydrogen (secondary N) is 1. The molecule has 2 saturated carbocycles. The molecule has 2 fully saturated rings. The van der Waals surface area contributed by atoms with E-state index in [2.05, 4.69) is 14.8 Å². The van der Waals surface area contributed by atoms with E-state index in [0.29, 0.717) is 24.7 Å². The predicted octanol–water partition coefficient (Wildman–Crippen LogP) is 3.59. The summed E-state index contributed by atoms with van der Waals surface area (Å²) in [6, 6.07) is 4.04. The van der Waals surface area contributed by atoms with E-state index >= 15 is 0 Å². The van der Waals surface area contributed by atoms with Crippen LogP contribution in [0.4, 0.5) is 14.5 Å². The molecule has 28 heavy (non-hydrogen) atoms. The molecule has 2 aliphatic carbocycles. The summed E-state index contributed by atoms with van der Waals surface area (Å²) in [5.41, 5.74) is 6.42. The lowest BCUT2D eigenvalue weighted by Gasteiger charge is -2.43. The van der Waals surface area contributed by atoms with Crippen LogP contribution in [0, 0.1) is 17.8 Å². The molecule has 0 radical (unpaired) electrons. The molecule has 9 heteroatoms. The third kappa shape index (κ3) is 4.91. The van der Waals surface area contributed by atoms with Gasteiger partial charge in [-0.1, -0.05) is 6.42 Å². The number of rotatable bonds is 5. The number of methoxy groups -OCH3 is 1. The van der Waals surface area contributed by atoms with Crippen molar-refractivity contribution in [3.63, 3.8) is 0 Å². The quantitative estimate of drug-likeness (QED) is 0.713. The van der Waals surface area contributed by atoms with Crippen LogP contribution in [0.3, 0.4) is 0 Å². The van der Waals surface area contributed by atoms with E-state index in [1.807, 2.05) is 0 Å². The van der Waals surface area contributed by atoms with Gasteiger partial charge in [-0.05, 0) is 55.7 Å². The number of fused-ring (bicyclic) bond motifs is 2. The Morgan fingerprint density at radius 1 is 1.21 bits per heavy atom. The molecule has 1 amide bonds. The van der Waals surface area contributed by atoms with Gasteiger partial charge in [-0.3, -0.25) is 4.79 Å². The van der Waals surface area contributed by atoms with E-state index in [1.54, 1.807) is 0 Å². The summed E-state index contributed by atoms with van der Waals surface area (Å²) in [6.45, 7) is -3.08. The Balaban J connectivity index is 0.00000280. The van der Waals surface area contributed by atoms with Gasteiger partial charge in [0.15, 0.2) is 0 Å². The van der Waals surface area contributed by atoms with Crippen molar-refractivity contribution in [2.24, 2.45) is 23.5 Å². The Morgan fingerprint density at radius 3 is 2.43 bits per heavy atom. The van der Waals surface area contributed by atoms with Crippen LogP contribution in [0.25, 0.3) is 0 Å². The first-order chi connectivity index (χ1) is 12.9. The van der Waals surface area contributed by atoms with Crippen molar-refractivity contribution in [3.8, 4) is 5.75 Å². The molecule has 0 aliphatic heterocycles. The summed E-state index contributed by atoms with van der Waals surface area (Å²) < 4.78 is 34.6. The molecule has 1 aromatic rings. The van der Waals surface area contributed by atoms with Gasteiger partial charge in [-0.15, -0.1) is 12.4 Å². The third-order valence-electron chi connectivity index (χ3n) is 5.66. The largest absolute Gasteiger partial charge is 0.465 e. The van der Waals surface area contributed by atoms with Crippen LogP contribution in [0.1, 0.15) is 42.5 Å². The summed E-state index contributed by atoms with van der Waals surface area (Å²) in [4.78, 5) is 24.3. The Labute approximate surface area is 168 Å². The lowest BCUT2D eigenvalue weighted by Crippen LogP contribution is -2.48. The van der Waals surface area contributed by atoms with Crippen LogP contribution in [0.15, 0.2) is 18.2 Å². The monoisotopic (exact) mass is 418 g/mol. The predicted molar refractivity (Wildman–Crippen MR) is 102 cm³/mol. The van der Waals surface area contributed by atoms with Gasteiger partial charge in [-0.25, -0.2) is 4.79 Å². The molecular formula is C19H25ClF2N2O4. The molecular weight excluding hydrogens is 394 g/mol. The Hall–Kier alpha value is -1.93. The third-order valence-corrected chi connectivity index (χ3v) is 5.66. The lowest BCUT2D eigenvalue weighted by atomic mass is 9.65. The van der Waals surface area contributed by atoms with Gasteiger partial charge >= 0.3 is 12.6 Å². The number of anilines is 1. The van der Waals surface area contributed by atoms with Crippen molar-refractivity contribution in [1.29, 1.82) is 0 Å². The molecule has 0 spiro atoms. The number of halogens is 3. The number of hydrogen-bond donors (Lipinski definition) is 2. The van der Waals surface area contributed by atoms with Crippen LogP contribution < -0.4 is 15.8 Å². The summed E-state index contributed by atoms with van der Waals surface area (Å²) in [5.74, 6) is -0.739. The van der Waals surface area contributed by atoms with Gasteiger partial charge in [0.2, 0.25) is 5.91 Å². The maximum atomic E-state index is 12.7. The average molecular weight is 419 g/mol. The number of nitrogens with two attached hydrogens (primary N) is 1. The fourth-order valence-electron chi connectivity index (χ4n) is 4.30. The zero-order chi connectivity index (χ0) is 19.6. The molecule has 2 aliphatic rings. The van der Waals surface area contributed by atoms with Crippen LogP contribution in [-0.4, -0.2) is 31.6 Å². The molecule has 3 N–H and O–H groups in total. The van der Waals surface area contributed by atoms with Crippen molar-refractivity contribution in [2.75, 3.05) is 12.4 Å². The minimum Gasteiger partial charge on any atom is -0.465 e. The SMILES string of the molecule is COC(=O)c1ccc(NC(=O)C2CC3CCCC(C2)C3N)c(OC(F)F)c1.Cl. The highest BCUT2D eigenvalue weighted by atomic mass is 35.5. The summed E-state index contributed by atoms with van der Waals surface area (Å²) in [6.07, 6.45) is 4.59. The fourth-order valence-corrected chi connectivity index (χ4v) is 4.30. The zero-order valence-corrected chi connectivity index (χ0v) is 16.3. The molecule has 2 bridgehead atoms. The lowest BCUT2D eigenvalue weighted by molar-refractivity contribution is -0.122. The number of benzene rings is 1. The van der Waals surface area contributed by atoms with Crippen molar-refractivity contribution < 1.29 is 27.8 Å². The van der Waals surface area contributed by atoms with Crippen LogP contribution in [-0.2, 0) is 9.53 Å². The van der Waals surface area contributed by atoms with E-state index in [0.717, 1.165) is 25.3 Å². The van der Waals surface area contributed by atoms with Gasteiger partial charge in [0, 0.05) is 12.0 Å². The Morgan fingerprint density at radius 2 is 1.86 bits per heavy atom. The molecule has 1 aromatic carbocycles. The Kier molecular flexibility index (Phi) is 7.60. The minimum absolute atomic E-state index is 0. The number of esters is 1. The highest BCUT2D eigenvalue weighted by Gasteiger charge is 2.40. The van der Waals surface area contributed by atoms with Gasteiger partial charge in [0.25, 0.3) is 0 Å². The van der Waals surface area contributed by atoms with E-state index in [4.69, 9.17) is 5.73 Å². The molecule has 156 valence electrons. The van der Waals surface area contributed by atoms with Crippen molar-refractivity contribution >= 4 is 30.0 Å². The number of amides is 1. The van der Waals surface area contributed by atoms with Gasteiger partial charge in [0.1, 0.15) is 5.75 Å². The molecule has 2 atom stereocenters. The molecule has 3 rings (SSSR count). The van der Waals surface area contributed by atoms with E-state index in [1.165, 1.54) is 19.2 Å². The van der Waals surface area contributed by atoms with Crippen LogP contribution >= 0.6 is 12.4 Å². The average Bonchev–Trinajstić information content (AvgIpc) is 2.61. The maximum Gasteiger partial charge on any atom is 0.387 e. The van der Waals surface area contributed by atoms with Gasteiger partial charge in [0.05, 0.1) is 18.4 Å². The van der Waals surface area contributed by atoms with E-state index in [-0.39, 0.29) is 47.3 Å². The minimum atomic E-state index is -3.08. The molecule has 2 unspecified atom stereocenters. The Bertz CT molecular complexity index is 705. The topological polar surface area (TPSA) is 90.7 Å².